The normalized spacial score (nSPS) is 15.8. The zero-order valence-electron chi connectivity index (χ0n) is 15.5. The predicted octanol–water partition coefficient (Wildman–Crippen LogP) is 3.08. The maximum Gasteiger partial charge on any atom is 0.276 e. The summed E-state index contributed by atoms with van der Waals surface area (Å²) in [5.41, 5.74) is 3.45. The van der Waals surface area contributed by atoms with Gasteiger partial charge in [0.2, 0.25) is 0 Å². The Labute approximate surface area is 174 Å². The van der Waals surface area contributed by atoms with Gasteiger partial charge in [0.1, 0.15) is 0 Å². The molecule has 1 aromatic heterocycles. The van der Waals surface area contributed by atoms with E-state index < -0.39 is 0 Å². The highest BCUT2D eigenvalue weighted by molar-refractivity contribution is 6.02. The number of nitrogens with zero attached hydrogens (tertiary/aromatic N) is 3. The lowest BCUT2D eigenvalue weighted by Crippen LogP contribution is -2.33. The van der Waals surface area contributed by atoms with E-state index in [1.54, 1.807) is 41.2 Å². The zero-order chi connectivity index (χ0) is 19.3. The van der Waals surface area contributed by atoms with Crippen LogP contribution in [0.3, 0.4) is 0 Å². The number of nitrogens with one attached hydrogen (secondary N) is 2. The molecule has 0 spiro atoms. The number of anilines is 1. The van der Waals surface area contributed by atoms with E-state index in [2.05, 4.69) is 21.8 Å². The molecule has 0 saturated carbocycles. The molecule has 0 aliphatic carbocycles. The van der Waals surface area contributed by atoms with Crippen molar-refractivity contribution in [3.8, 4) is 11.8 Å². The van der Waals surface area contributed by atoms with Gasteiger partial charge in [-0.25, -0.2) is 4.68 Å². The Morgan fingerprint density at radius 3 is 2.59 bits per heavy atom. The quantitative estimate of drug-likeness (QED) is 0.690. The summed E-state index contributed by atoms with van der Waals surface area (Å²) < 4.78 is 7.34. The Kier molecular flexibility index (Phi) is 6.62. The van der Waals surface area contributed by atoms with Crippen LogP contribution in [0.4, 0.5) is 5.69 Å². The number of hydrogen-bond donors (Lipinski definition) is 2. The molecule has 1 saturated heterocycles. The third-order valence-corrected chi connectivity index (χ3v) is 4.55. The Morgan fingerprint density at radius 1 is 1.17 bits per heavy atom. The summed E-state index contributed by atoms with van der Waals surface area (Å²) in [6, 6.07) is 18.4. The molecule has 2 heterocycles. The number of aromatic nitrogens is 2. The molecule has 3 aromatic rings. The molecule has 7 nitrogen and oxygen atoms in total. The molecule has 1 amide bonds. The average Bonchev–Trinajstić information content (AvgIpc) is 3.25. The Hall–Kier alpha value is -3.18. The Bertz CT molecular complexity index is 1000. The number of amides is 1. The first-order chi connectivity index (χ1) is 13.7. The molecule has 1 unspecified atom stereocenters. The molecule has 1 aliphatic rings. The lowest BCUT2D eigenvalue weighted by Gasteiger charge is -2.24. The molecular weight excluding hydrogens is 390 g/mol. The minimum Gasteiger partial charge on any atom is -0.371 e. The van der Waals surface area contributed by atoms with E-state index in [0.717, 1.165) is 24.3 Å². The molecule has 1 fully saturated rings. The molecule has 148 valence electrons. The van der Waals surface area contributed by atoms with Crippen molar-refractivity contribution < 1.29 is 9.53 Å². The van der Waals surface area contributed by atoms with Gasteiger partial charge >= 0.3 is 0 Å². The van der Waals surface area contributed by atoms with Crippen molar-refractivity contribution in [2.24, 2.45) is 0 Å². The number of nitriles is 1. The first-order valence-electron chi connectivity index (χ1n) is 9.03. The summed E-state index contributed by atoms with van der Waals surface area (Å²) in [5.74, 6) is -0.282. The molecule has 29 heavy (non-hydrogen) atoms. The third-order valence-electron chi connectivity index (χ3n) is 4.55. The number of rotatable bonds is 4. The minimum atomic E-state index is -0.282. The van der Waals surface area contributed by atoms with Gasteiger partial charge in [-0.05, 0) is 48.0 Å². The maximum absolute atomic E-state index is 12.5. The van der Waals surface area contributed by atoms with Gasteiger partial charge in [-0.15, -0.1) is 12.4 Å². The van der Waals surface area contributed by atoms with Gasteiger partial charge in [0.05, 0.1) is 30.0 Å². The summed E-state index contributed by atoms with van der Waals surface area (Å²) in [5, 5.41) is 19.3. The fraction of sp³-hybridized carbons (Fsp3) is 0.190. The topological polar surface area (TPSA) is 92.0 Å². The molecule has 1 aliphatic heterocycles. The van der Waals surface area contributed by atoms with E-state index in [0.29, 0.717) is 23.6 Å². The highest BCUT2D eigenvalue weighted by atomic mass is 35.5. The number of halogens is 1. The third kappa shape index (κ3) is 4.81. The highest BCUT2D eigenvalue weighted by Crippen LogP contribution is 2.21. The molecule has 2 aromatic carbocycles. The van der Waals surface area contributed by atoms with Gasteiger partial charge in [-0.2, -0.15) is 10.4 Å². The van der Waals surface area contributed by atoms with E-state index in [1.807, 2.05) is 24.3 Å². The lowest BCUT2D eigenvalue weighted by molar-refractivity contribution is 0.0277. The van der Waals surface area contributed by atoms with Crippen molar-refractivity contribution in [1.82, 2.24) is 15.1 Å². The first-order valence-corrected chi connectivity index (χ1v) is 9.03. The predicted molar refractivity (Wildman–Crippen MR) is 111 cm³/mol. The van der Waals surface area contributed by atoms with Crippen molar-refractivity contribution in [3.05, 3.63) is 77.6 Å². The molecule has 0 bridgehead atoms. The number of hydrogen-bond acceptors (Lipinski definition) is 5. The SMILES string of the molecule is Cl.N#Cc1ccc(-n2ccc(C(=O)Nc3ccc(C4CNCCO4)cc3)n2)cc1. The average molecular weight is 410 g/mol. The largest absolute Gasteiger partial charge is 0.371 e. The van der Waals surface area contributed by atoms with Crippen molar-refractivity contribution in [2.75, 3.05) is 25.0 Å². The number of carbonyl (C=O) groups excluding carboxylic acids is 1. The van der Waals surface area contributed by atoms with Gasteiger partial charge in [0.15, 0.2) is 5.69 Å². The van der Waals surface area contributed by atoms with Crippen molar-refractivity contribution in [2.45, 2.75) is 6.10 Å². The van der Waals surface area contributed by atoms with Crippen LogP contribution >= 0.6 is 12.4 Å². The van der Waals surface area contributed by atoms with Crippen molar-refractivity contribution >= 4 is 24.0 Å². The van der Waals surface area contributed by atoms with Gasteiger partial charge in [-0.1, -0.05) is 12.1 Å². The van der Waals surface area contributed by atoms with Crippen LogP contribution in [0, 0.1) is 11.3 Å². The minimum absolute atomic E-state index is 0. The monoisotopic (exact) mass is 409 g/mol. The summed E-state index contributed by atoms with van der Waals surface area (Å²) >= 11 is 0. The van der Waals surface area contributed by atoms with E-state index in [4.69, 9.17) is 10.00 Å². The molecule has 8 heteroatoms. The van der Waals surface area contributed by atoms with Gasteiger partial charge in [0, 0.05) is 25.0 Å². The van der Waals surface area contributed by atoms with Crippen molar-refractivity contribution in [1.29, 1.82) is 5.26 Å². The van der Waals surface area contributed by atoms with Crippen LogP contribution in [0.5, 0.6) is 0 Å². The maximum atomic E-state index is 12.5. The molecule has 0 radical (unpaired) electrons. The van der Waals surface area contributed by atoms with E-state index in [9.17, 15) is 4.79 Å². The zero-order valence-corrected chi connectivity index (χ0v) is 16.4. The second-order valence-electron chi connectivity index (χ2n) is 6.44. The number of ether oxygens (including phenoxy) is 1. The number of morpholine rings is 1. The van der Waals surface area contributed by atoms with Crippen LogP contribution in [-0.2, 0) is 4.74 Å². The molecular formula is C21H20ClN5O2. The van der Waals surface area contributed by atoms with E-state index in [1.165, 1.54) is 0 Å². The fourth-order valence-electron chi connectivity index (χ4n) is 3.03. The van der Waals surface area contributed by atoms with Crippen LogP contribution in [0.2, 0.25) is 0 Å². The number of benzene rings is 2. The van der Waals surface area contributed by atoms with Gasteiger partial charge in [0.25, 0.3) is 5.91 Å². The molecule has 2 N–H and O–H groups in total. The second kappa shape index (κ2) is 9.34. The molecule has 1 atom stereocenters. The summed E-state index contributed by atoms with van der Waals surface area (Å²) in [7, 11) is 0. The van der Waals surface area contributed by atoms with Gasteiger partial charge < -0.3 is 15.4 Å². The summed E-state index contributed by atoms with van der Waals surface area (Å²) in [6.07, 6.45) is 1.76. The van der Waals surface area contributed by atoms with Crippen LogP contribution in [0.25, 0.3) is 5.69 Å². The highest BCUT2D eigenvalue weighted by Gasteiger charge is 2.16. The van der Waals surface area contributed by atoms with Crippen LogP contribution in [0.1, 0.15) is 27.7 Å². The Balaban J connectivity index is 0.00000240. The van der Waals surface area contributed by atoms with Crippen LogP contribution in [0.15, 0.2) is 60.8 Å². The fourth-order valence-corrected chi connectivity index (χ4v) is 3.03. The van der Waals surface area contributed by atoms with E-state index >= 15 is 0 Å². The summed E-state index contributed by atoms with van der Waals surface area (Å²) in [6.45, 7) is 2.36. The van der Waals surface area contributed by atoms with E-state index in [-0.39, 0.29) is 24.4 Å². The first kappa shape index (κ1) is 20.6. The van der Waals surface area contributed by atoms with Crippen LogP contribution in [-0.4, -0.2) is 35.4 Å². The smallest absolute Gasteiger partial charge is 0.276 e. The molecule has 4 rings (SSSR count). The van der Waals surface area contributed by atoms with Crippen molar-refractivity contribution in [3.63, 3.8) is 0 Å². The standard InChI is InChI=1S/C21H19N5O2.ClH/c22-13-15-1-7-18(8-2-15)26-11-9-19(25-26)21(27)24-17-5-3-16(4-6-17)20-14-23-10-12-28-20;/h1-9,11,20,23H,10,12,14H2,(H,24,27);1H. The van der Waals surface area contributed by atoms with Gasteiger partial charge in [-0.3, -0.25) is 4.79 Å². The second-order valence-corrected chi connectivity index (χ2v) is 6.44. The number of carbonyl (C=O) groups is 1. The van der Waals surface area contributed by atoms with Crippen LogP contribution < -0.4 is 10.6 Å². The Morgan fingerprint density at radius 2 is 1.93 bits per heavy atom. The summed E-state index contributed by atoms with van der Waals surface area (Å²) in [4.78, 5) is 12.5. The lowest BCUT2D eigenvalue weighted by atomic mass is 10.1.